The Morgan fingerprint density at radius 1 is 0.750 bits per heavy atom. The normalized spacial score (nSPS) is 11.7. The standard InChI is InChI=1S/C33H46ClFN6O7/c1-38-31-29(32(42)39(2)33(38)43)37-30(41(31)24-26-7-9-28(35)10-8-26)27-23-36-40(25-27)12-14-45-16-18-47-20-22-48-21-19-46-17-15-44-13-6-4-3-5-11-34/h7-10,23,25H,3-6,11-22,24H2,1-2H3. The fourth-order valence-corrected chi connectivity index (χ4v) is 5.21. The number of halogens is 2. The predicted molar refractivity (Wildman–Crippen MR) is 180 cm³/mol. The molecule has 264 valence electrons. The lowest BCUT2D eigenvalue weighted by molar-refractivity contribution is -0.0117. The molecular formula is C33H46ClFN6O7. The number of imidazole rings is 1. The van der Waals surface area contributed by atoms with Crippen molar-refractivity contribution in [2.45, 2.75) is 38.8 Å². The third-order valence-electron chi connectivity index (χ3n) is 7.61. The van der Waals surface area contributed by atoms with Gasteiger partial charge in [-0.25, -0.2) is 14.2 Å². The first-order valence-electron chi connectivity index (χ1n) is 16.3. The summed E-state index contributed by atoms with van der Waals surface area (Å²) >= 11 is 5.66. The van der Waals surface area contributed by atoms with Gasteiger partial charge >= 0.3 is 5.69 Å². The molecule has 4 aromatic rings. The highest BCUT2D eigenvalue weighted by Gasteiger charge is 2.21. The summed E-state index contributed by atoms with van der Waals surface area (Å²) in [5, 5.41) is 4.44. The molecule has 4 rings (SSSR count). The molecule has 0 fully saturated rings. The molecule has 0 bridgehead atoms. The maximum Gasteiger partial charge on any atom is 0.332 e. The average Bonchev–Trinajstić information content (AvgIpc) is 3.71. The van der Waals surface area contributed by atoms with Crippen molar-refractivity contribution in [3.05, 3.63) is 68.9 Å². The van der Waals surface area contributed by atoms with E-state index in [4.69, 9.17) is 35.3 Å². The zero-order valence-corrected chi connectivity index (χ0v) is 28.5. The number of benzene rings is 1. The van der Waals surface area contributed by atoms with Gasteiger partial charge in [-0.15, -0.1) is 11.6 Å². The summed E-state index contributed by atoms with van der Waals surface area (Å²) in [6.45, 7) is 5.90. The van der Waals surface area contributed by atoms with Gasteiger partial charge in [0.15, 0.2) is 11.2 Å². The van der Waals surface area contributed by atoms with Gasteiger partial charge < -0.3 is 28.3 Å². The van der Waals surface area contributed by atoms with Gasteiger partial charge in [0.1, 0.15) is 11.6 Å². The van der Waals surface area contributed by atoms with Crippen molar-refractivity contribution in [3.8, 4) is 11.4 Å². The third-order valence-corrected chi connectivity index (χ3v) is 7.88. The number of fused-ring (bicyclic) bond motifs is 1. The van der Waals surface area contributed by atoms with E-state index in [1.165, 1.54) is 23.7 Å². The molecular weight excluding hydrogens is 647 g/mol. The molecule has 0 aliphatic rings. The number of unbranched alkanes of at least 4 members (excludes halogenated alkanes) is 3. The van der Waals surface area contributed by atoms with E-state index in [1.807, 2.05) is 6.20 Å². The van der Waals surface area contributed by atoms with Crippen molar-refractivity contribution < 1.29 is 28.1 Å². The van der Waals surface area contributed by atoms with Gasteiger partial charge in [0, 0.05) is 32.8 Å². The molecule has 13 nitrogen and oxygen atoms in total. The minimum absolute atomic E-state index is 0.160. The maximum atomic E-state index is 13.6. The SMILES string of the molecule is Cn1c(=O)c2nc(-c3cnn(CCOCCOCCOCCOCCOCCCCCCCl)c3)n(Cc3ccc(F)cc3)c2n(C)c1=O. The number of rotatable bonds is 24. The van der Waals surface area contributed by atoms with Crippen LogP contribution in [0.25, 0.3) is 22.6 Å². The number of aromatic nitrogens is 6. The Kier molecular flexibility index (Phi) is 15.7. The summed E-state index contributed by atoms with van der Waals surface area (Å²) in [6.07, 6.45) is 7.88. The Bertz CT molecular complexity index is 1650. The topological polar surface area (TPSA) is 126 Å². The summed E-state index contributed by atoms with van der Waals surface area (Å²) in [6, 6.07) is 6.05. The number of hydrogen-bond donors (Lipinski definition) is 0. The van der Waals surface area contributed by atoms with E-state index in [1.54, 1.807) is 34.6 Å². The van der Waals surface area contributed by atoms with Crippen molar-refractivity contribution in [2.24, 2.45) is 14.1 Å². The van der Waals surface area contributed by atoms with Crippen molar-refractivity contribution in [1.29, 1.82) is 0 Å². The van der Waals surface area contributed by atoms with Crippen LogP contribution in [0, 0.1) is 5.82 Å². The molecule has 0 radical (unpaired) electrons. The van der Waals surface area contributed by atoms with Crippen molar-refractivity contribution in [2.75, 3.05) is 71.9 Å². The molecule has 0 saturated heterocycles. The molecule has 1 aromatic carbocycles. The highest BCUT2D eigenvalue weighted by Crippen LogP contribution is 2.24. The molecule has 48 heavy (non-hydrogen) atoms. The second kappa shape index (κ2) is 20.2. The van der Waals surface area contributed by atoms with Crippen LogP contribution in [0.4, 0.5) is 4.39 Å². The van der Waals surface area contributed by atoms with Crippen molar-refractivity contribution >= 4 is 22.8 Å². The minimum atomic E-state index is -0.493. The van der Waals surface area contributed by atoms with Gasteiger partial charge in [-0.2, -0.15) is 5.10 Å². The first kappa shape index (κ1) is 37.4. The van der Waals surface area contributed by atoms with E-state index < -0.39 is 11.2 Å². The van der Waals surface area contributed by atoms with E-state index in [2.05, 4.69) is 10.1 Å². The number of ether oxygens (including phenoxy) is 5. The summed E-state index contributed by atoms with van der Waals surface area (Å²) in [4.78, 5) is 30.3. The molecule has 0 atom stereocenters. The van der Waals surface area contributed by atoms with Crippen LogP contribution in [0.1, 0.15) is 31.2 Å². The fraction of sp³-hybridized carbons (Fsp3) is 0.576. The quantitative estimate of drug-likeness (QED) is 0.0803. The Labute approximate surface area is 284 Å². The number of nitrogens with zero attached hydrogens (tertiary/aromatic N) is 6. The van der Waals surface area contributed by atoms with Crippen molar-refractivity contribution in [1.82, 2.24) is 28.5 Å². The lowest BCUT2D eigenvalue weighted by atomic mass is 10.2. The first-order chi connectivity index (χ1) is 23.4. The average molecular weight is 693 g/mol. The molecule has 3 heterocycles. The van der Waals surface area contributed by atoms with E-state index in [-0.39, 0.29) is 17.9 Å². The maximum absolute atomic E-state index is 13.6. The zero-order chi connectivity index (χ0) is 34.1. The second-order valence-corrected chi connectivity index (χ2v) is 11.6. The highest BCUT2D eigenvalue weighted by atomic mass is 35.5. The summed E-state index contributed by atoms with van der Waals surface area (Å²) in [7, 11) is 3.01. The van der Waals surface area contributed by atoms with Crippen molar-refractivity contribution in [3.63, 3.8) is 0 Å². The lowest BCUT2D eigenvalue weighted by Crippen LogP contribution is -2.37. The molecule has 0 amide bonds. The van der Waals surface area contributed by atoms with Gasteiger partial charge in [-0.05, 0) is 30.5 Å². The Morgan fingerprint density at radius 3 is 1.96 bits per heavy atom. The molecule has 0 aliphatic carbocycles. The number of aryl methyl sites for hydroxylation is 1. The van der Waals surface area contributed by atoms with E-state index in [0.29, 0.717) is 83.0 Å². The fourth-order valence-electron chi connectivity index (χ4n) is 5.02. The number of alkyl halides is 1. The molecule has 15 heteroatoms. The largest absolute Gasteiger partial charge is 0.379 e. The summed E-state index contributed by atoms with van der Waals surface area (Å²) < 4.78 is 47.3. The van der Waals surface area contributed by atoms with Crippen LogP contribution in [0.15, 0.2) is 46.2 Å². The van der Waals surface area contributed by atoms with Gasteiger partial charge in [0.2, 0.25) is 0 Å². The van der Waals surface area contributed by atoms with Crippen LogP contribution in [-0.2, 0) is 50.9 Å². The molecule has 0 saturated carbocycles. The van der Waals surface area contributed by atoms with E-state index in [9.17, 15) is 14.0 Å². The summed E-state index contributed by atoms with van der Waals surface area (Å²) in [5.74, 6) is 0.844. The van der Waals surface area contributed by atoms with Crippen LogP contribution in [0.3, 0.4) is 0 Å². The Morgan fingerprint density at radius 2 is 1.33 bits per heavy atom. The molecule has 0 N–H and O–H groups in total. The number of hydrogen-bond acceptors (Lipinski definition) is 9. The predicted octanol–water partition coefficient (Wildman–Crippen LogP) is 3.37. The monoisotopic (exact) mass is 692 g/mol. The van der Waals surface area contributed by atoms with Gasteiger partial charge in [-0.3, -0.25) is 18.6 Å². The molecule has 0 aliphatic heterocycles. The molecule has 3 aromatic heterocycles. The van der Waals surface area contributed by atoms with Crippen LogP contribution in [-0.4, -0.2) is 100 Å². The van der Waals surface area contributed by atoms with Crippen LogP contribution < -0.4 is 11.2 Å². The summed E-state index contributed by atoms with van der Waals surface area (Å²) in [5.41, 5.74) is 1.02. The molecule has 0 spiro atoms. The first-order valence-corrected chi connectivity index (χ1v) is 16.8. The highest BCUT2D eigenvalue weighted by molar-refractivity contribution is 6.17. The van der Waals surface area contributed by atoms with Crippen LogP contribution >= 0.6 is 11.6 Å². The smallest absolute Gasteiger partial charge is 0.332 e. The molecule has 0 unspecified atom stereocenters. The van der Waals surface area contributed by atoms with Gasteiger partial charge in [0.05, 0.1) is 84.3 Å². The van der Waals surface area contributed by atoms with Crippen LogP contribution in [0.2, 0.25) is 0 Å². The van der Waals surface area contributed by atoms with Gasteiger partial charge in [0.25, 0.3) is 5.56 Å². The minimum Gasteiger partial charge on any atom is -0.379 e. The van der Waals surface area contributed by atoms with Gasteiger partial charge in [-0.1, -0.05) is 25.0 Å². The van der Waals surface area contributed by atoms with E-state index >= 15 is 0 Å². The lowest BCUT2D eigenvalue weighted by Gasteiger charge is -2.11. The van der Waals surface area contributed by atoms with E-state index in [0.717, 1.165) is 48.3 Å². The Balaban J connectivity index is 1.14. The second-order valence-electron chi connectivity index (χ2n) is 11.2. The third kappa shape index (κ3) is 11.1. The zero-order valence-electron chi connectivity index (χ0n) is 27.8. The van der Waals surface area contributed by atoms with Crippen LogP contribution in [0.5, 0.6) is 0 Å². The Hall–Kier alpha value is -3.40.